The number of hydrogen-bond acceptors (Lipinski definition) is 4. The molecule has 8 heteroatoms. The lowest BCUT2D eigenvalue weighted by molar-refractivity contribution is -0.127. The molecule has 0 unspecified atom stereocenters. The van der Waals surface area contributed by atoms with Crippen LogP contribution >= 0.6 is 15.9 Å². The van der Waals surface area contributed by atoms with Gasteiger partial charge in [0.2, 0.25) is 11.8 Å². The Kier molecular flexibility index (Phi) is 7.07. The van der Waals surface area contributed by atoms with Crippen molar-refractivity contribution in [2.45, 2.75) is 31.7 Å². The number of piperidine rings is 2. The van der Waals surface area contributed by atoms with Gasteiger partial charge in [-0.3, -0.25) is 19.3 Å². The maximum absolute atomic E-state index is 12.6. The molecular formula is C20H27BrN4O3. The Morgan fingerprint density at radius 2 is 1.61 bits per heavy atom. The van der Waals surface area contributed by atoms with Crippen LogP contribution in [0.15, 0.2) is 28.7 Å². The first-order chi connectivity index (χ1) is 13.4. The Hall–Kier alpha value is -1.93. The molecule has 0 aromatic heterocycles. The Bertz CT molecular complexity index is 709. The summed E-state index contributed by atoms with van der Waals surface area (Å²) >= 11 is 3.38. The zero-order valence-corrected chi connectivity index (χ0v) is 17.5. The first-order valence-electron chi connectivity index (χ1n) is 9.78. The third-order valence-electron chi connectivity index (χ3n) is 5.56. The zero-order chi connectivity index (χ0) is 20.1. The van der Waals surface area contributed by atoms with Gasteiger partial charge in [-0.2, -0.15) is 0 Å². The van der Waals surface area contributed by atoms with Crippen LogP contribution in [0.25, 0.3) is 0 Å². The van der Waals surface area contributed by atoms with E-state index in [-0.39, 0.29) is 36.2 Å². The maximum Gasteiger partial charge on any atom is 0.253 e. The van der Waals surface area contributed by atoms with Crippen LogP contribution in [-0.4, -0.2) is 66.3 Å². The lowest BCUT2D eigenvalue weighted by Gasteiger charge is -2.34. The van der Waals surface area contributed by atoms with Gasteiger partial charge >= 0.3 is 0 Å². The van der Waals surface area contributed by atoms with Gasteiger partial charge in [0, 0.05) is 48.2 Å². The first kappa shape index (κ1) is 20.8. The summed E-state index contributed by atoms with van der Waals surface area (Å²) in [7, 11) is 0. The molecule has 2 aliphatic heterocycles. The highest BCUT2D eigenvalue weighted by Crippen LogP contribution is 2.21. The Morgan fingerprint density at radius 1 is 1.00 bits per heavy atom. The van der Waals surface area contributed by atoms with Crippen molar-refractivity contribution in [3.8, 4) is 0 Å². The fourth-order valence-corrected chi connectivity index (χ4v) is 4.16. The average Bonchev–Trinajstić information content (AvgIpc) is 2.69. The minimum Gasteiger partial charge on any atom is -0.369 e. The summed E-state index contributed by atoms with van der Waals surface area (Å²) in [5.74, 6) is -0.248. The van der Waals surface area contributed by atoms with Crippen molar-refractivity contribution >= 4 is 33.7 Å². The van der Waals surface area contributed by atoms with E-state index in [0.29, 0.717) is 31.5 Å². The summed E-state index contributed by atoms with van der Waals surface area (Å²) in [5, 5.41) is 3.15. The van der Waals surface area contributed by atoms with Gasteiger partial charge in [0.05, 0.1) is 6.54 Å². The number of halogens is 1. The molecule has 152 valence electrons. The SMILES string of the molecule is NC(=O)CN1CCC(NC(=O)C2CCN(C(=O)c3ccc(Br)cc3)CC2)CC1. The Balaban J connectivity index is 1.42. The van der Waals surface area contributed by atoms with E-state index < -0.39 is 0 Å². The summed E-state index contributed by atoms with van der Waals surface area (Å²) < 4.78 is 0.944. The minimum atomic E-state index is -0.313. The van der Waals surface area contributed by atoms with E-state index in [4.69, 9.17) is 5.73 Å². The molecule has 28 heavy (non-hydrogen) atoms. The van der Waals surface area contributed by atoms with E-state index in [1.165, 1.54) is 0 Å². The third-order valence-corrected chi connectivity index (χ3v) is 6.09. The van der Waals surface area contributed by atoms with Gasteiger partial charge in [-0.05, 0) is 49.9 Å². The quantitative estimate of drug-likeness (QED) is 0.707. The summed E-state index contributed by atoms with van der Waals surface area (Å²) in [5.41, 5.74) is 5.91. The van der Waals surface area contributed by atoms with E-state index in [1.54, 1.807) is 0 Å². The van der Waals surface area contributed by atoms with Crippen molar-refractivity contribution in [2.75, 3.05) is 32.7 Å². The van der Waals surface area contributed by atoms with Gasteiger partial charge in [-0.25, -0.2) is 0 Å². The second-order valence-electron chi connectivity index (χ2n) is 7.60. The number of amides is 3. The molecule has 3 N–H and O–H groups in total. The molecule has 0 bridgehead atoms. The van der Waals surface area contributed by atoms with E-state index in [0.717, 1.165) is 30.4 Å². The molecule has 0 radical (unpaired) electrons. The monoisotopic (exact) mass is 450 g/mol. The zero-order valence-electron chi connectivity index (χ0n) is 15.9. The standard InChI is InChI=1S/C20H27BrN4O3/c21-16-3-1-15(2-4-16)20(28)25-11-5-14(6-12-25)19(27)23-17-7-9-24(10-8-17)13-18(22)26/h1-4,14,17H,5-13H2,(H2,22,26)(H,23,27). The van der Waals surface area contributed by atoms with Crippen LogP contribution in [0.4, 0.5) is 0 Å². The van der Waals surface area contributed by atoms with Crippen molar-refractivity contribution in [3.63, 3.8) is 0 Å². The molecule has 7 nitrogen and oxygen atoms in total. The lowest BCUT2D eigenvalue weighted by atomic mass is 9.94. The van der Waals surface area contributed by atoms with E-state index in [1.807, 2.05) is 34.1 Å². The molecule has 3 rings (SSSR count). The van der Waals surface area contributed by atoms with Crippen LogP contribution in [-0.2, 0) is 9.59 Å². The van der Waals surface area contributed by atoms with Crippen LogP contribution in [0.1, 0.15) is 36.0 Å². The normalized spacial score (nSPS) is 19.4. The lowest BCUT2D eigenvalue weighted by Crippen LogP contribution is -2.49. The molecule has 3 amide bonds. The smallest absolute Gasteiger partial charge is 0.253 e. The predicted octanol–water partition coefficient (Wildman–Crippen LogP) is 1.37. The number of hydrogen-bond donors (Lipinski definition) is 2. The van der Waals surface area contributed by atoms with Gasteiger partial charge in [-0.15, -0.1) is 0 Å². The van der Waals surface area contributed by atoms with Crippen molar-refractivity contribution < 1.29 is 14.4 Å². The number of carbonyl (C=O) groups excluding carboxylic acids is 3. The highest BCUT2D eigenvalue weighted by molar-refractivity contribution is 9.10. The highest BCUT2D eigenvalue weighted by Gasteiger charge is 2.30. The molecular weight excluding hydrogens is 424 g/mol. The molecule has 0 saturated carbocycles. The van der Waals surface area contributed by atoms with Gasteiger partial charge in [0.15, 0.2) is 0 Å². The number of nitrogens with zero attached hydrogens (tertiary/aromatic N) is 2. The van der Waals surface area contributed by atoms with Gasteiger partial charge < -0.3 is 16.0 Å². The number of carbonyl (C=O) groups is 3. The summed E-state index contributed by atoms with van der Waals surface area (Å²) in [6, 6.07) is 7.51. The Labute approximate surface area is 173 Å². The third kappa shape index (κ3) is 5.54. The minimum absolute atomic E-state index is 0.0215. The maximum atomic E-state index is 12.6. The van der Waals surface area contributed by atoms with Crippen LogP contribution in [0.2, 0.25) is 0 Å². The van der Waals surface area contributed by atoms with Crippen molar-refractivity contribution in [3.05, 3.63) is 34.3 Å². The molecule has 1 aromatic carbocycles. The van der Waals surface area contributed by atoms with E-state index in [9.17, 15) is 14.4 Å². The molecule has 0 spiro atoms. The van der Waals surface area contributed by atoms with Crippen molar-refractivity contribution in [1.82, 2.24) is 15.1 Å². The fourth-order valence-electron chi connectivity index (χ4n) is 3.89. The topological polar surface area (TPSA) is 95.7 Å². The van der Waals surface area contributed by atoms with Crippen molar-refractivity contribution in [1.29, 1.82) is 0 Å². The van der Waals surface area contributed by atoms with Gasteiger partial charge in [-0.1, -0.05) is 15.9 Å². The summed E-state index contributed by atoms with van der Waals surface area (Å²) in [6.45, 7) is 3.03. The summed E-state index contributed by atoms with van der Waals surface area (Å²) in [4.78, 5) is 40.0. The molecule has 2 saturated heterocycles. The van der Waals surface area contributed by atoms with E-state index in [2.05, 4.69) is 21.2 Å². The number of nitrogens with one attached hydrogen (secondary N) is 1. The van der Waals surface area contributed by atoms with Gasteiger partial charge in [0.1, 0.15) is 0 Å². The highest BCUT2D eigenvalue weighted by atomic mass is 79.9. The van der Waals surface area contributed by atoms with Crippen LogP contribution < -0.4 is 11.1 Å². The number of rotatable bonds is 5. The molecule has 2 fully saturated rings. The van der Waals surface area contributed by atoms with Crippen LogP contribution in [0, 0.1) is 5.92 Å². The molecule has 0 atom stereocenters. The fraction of sp³-hybridized carbons (Fsp3) is 0.550. The Morgan fingerprint density at radius 3 is 2.18 bits per heavy atom. The first-order valence-corrected chi connectivity index (χ1v) is 10.6. The predicted molar refractivity (Wildman–Crippen MR) is 110 cm³/mol. The van der Waals surface area contributed by atoms with E-state index >= 15 is 0 Å². The average molecular weight is 451 g/mol. The second-order valence-corrected chi connectivity index (χ2v) is 8.51. The molecule has 1 aromatic rings. The number of benzene rings is 1. The molecule has 2 heterocycles. The molecule has 0 aliphatic carbocycles. The largest absolute Gasteiger partial charge is 0.369 e. The summed E-state index contributed by atoms with van der Waals surface area (Å²) in [6.07, 6.45) is 3.04. The molecule has 2 aliphatic rings. The van der Waals surface area contributed by atoms with Crippen molar-refractivity contribution in [2.24, 2.45) is 11.7 Å². The number of primary amides is 1. The van der Waals surface area contributed by atoms with Gasteiger partial charge in [0.25, 0.3) is 5.91 Å². The number of nitrogens with two attached hydrogens (primary N) is 1. The second kappa shape index (κ2) is 9.52. The van der Waals surface area contributed by atoms with Crippen LogP contribution in [0.3, 0.4) is 0 Å². The van der Waals surface area contributed by atoms with Crippen LogP contribution in [0.5, 0.6) is 0 Å². The number of likely N-dealkylation sites (tertiary alicyclic amines) is 2.